The van der Waals surface area contributed by atoms with Crippen molar-refractivity contribution in [2.45, 2.75) is 19.8 Å². The predicted octanol–water partition coefficient (Wildman–Crippen LogP) is 2.48. The van der Waals surface area contributed by atoms with Crippen LogP contribution in [0.15, 0.2) is 24.3 Å². The largest absolute Gasteiger partial charge is 0.427 e. The monoisotopic (exact) mass is 226 g/mol. The van der Waals surface area contributed by atoms with Crippen LogP contribution < -0.4 is 4.74 Å². The van der Waals surface area contributed by atoms with Crippen LogP contribution in [0, 0.1) is 0 Å². The van der Waals surface area contributed by atoms with E-state index in [1.165, 1.54) is 6.92 Å². The second-order valence-electron chi connectivity index (χ2n) is 3.19. The molecule has 1 rings (SSSR count). The summed E-state index contributed by atoms with van der Waals surface area (Å²) < 4.78 is 4.85. The minimum atomic E-state index is -0.407. The normalized spacial score (nSPS) is 11.9. The molecule has 1 unspecified atom stereocenters. The molecule has 1 aromatic rings. The van der Waals surface area contributed by atoms with Crippen LogP contribution in [-0.2, 0) is 9.59 Å². The van der Waals surface area contributed by atoms with Gasteiger partial charge in [-0.3, -0.25) is 9.59 Å². The van der Waals surface area contributed by atoms with Crippen LogP contribution >= 0.6 is 11.6 Å². The van der Waals surface area contributed by atoms with Crippen molar-refractivity contribution >= 4 is 22.8 Å². The van der Waals surface area contributed by atoms with Gasteiger partial charge in [0.2, 0.25) is 5.24 Å². The molecule has 0 bridgehead atoms. The predicted molar refractivity (Wildman–Crippen MR) is 57.0 cm³/mol. The fourth-order valence-corrected chi connectivity index (χ4v) is 1.25. The Kier molecular flexibility index (Phi) is 3.86. The van der Waals surface area contributed by atoms with Gasteiger partial charge in [0, 0.05) is 6.92 Å². The van der Waals surface area contributed by atoms with Crippen LogP contribution in [-0.4, -0.2) is 11.2 Å². The molecule has 0 heterocycles. The first-order valence-electron chi connectivity index (χ1n) is 4.48. The lowest BCUT2D eigenvalue weighted by molar-refractivity contribution is -0.131. The third-order valence-corrected chi connectivity index (χ3v) is 2.31. The Labute approximate surface area is 93.0 Å². The Hall–Kier alpha value is -1.35. The van der Waals surface area contributed by atoms with Gasteiger partial charge in [0.05, 0.1) is 5.92 Å². The molecular formula is C11H11ClO3. The van der Waals surface area contributed by atoms with Crippen LogP contribution in [0.3, 0.4) is 0 Å². The van der Waals surface area contributed by atoms with Crippen LogP contribution in [0.4, 0.5) is 0 Å². The third-order valence-electron chi connectivity index (χ3n) is 1.98. The van der Waals surface area contributed by atoms with E-state index in [0.717, 1.165) is 5.56 Å². The number of rotatable bonds is 3. The van der Waals surface area contributed by atoms with Crippen molar-refractivity contribution in [2.75, 3.05) is 0 Å². The fourth-order valence-electron chi connectivity index (χ4n) is 1.12. The molecule has 1 atom stereocenters. The average molecular weight is 227 g/mol. The highest BCUT2D eigenvalue weighted by Gasteiger charge is 2.12. The lowest BCUT2D eigenvalue weighted by Gasteiger charge is -2.07. The Bertz CT molecular complexity index is 370. The second-order valence-corrected chi connectivity index (χ2v) is 3.56. The molecule has 0 saturated carbocycles. The summed E-state index contributed by atoms with van der Waals surface area (Å²) in [6.45, 7) is 3.05. The maximum Gasteiger partial charge on any atom is 0.308 e. The summed E-state index contributed by atoms with van der Waals surface area (Å²) in [5.41, 5.74) is 0.797. The summed E-state index contributed by atoms with van der Waals surface area (Å²) in [5, 5.41) is -0.407. The first-order chi connectivity index (χ1) is 7.00. The van der Waals surface area contributed by atoms with Crippen molar-refractivity contribution in [1.82, 2.24) is 0 Å². The number of halogens is 1. The third kappa shape index (κ3) is 3.36. The van der Waals surface area contributed by atoms with Gasteiger partial charge in [0.15, 0.2) is 0 Å². The molecule has 80 valence electrons. The van der Waals surface area contributed by atoms with Gasteiger partial charge in [-0.15, -0.1) is 0 Å². The molecule has 15 heavy (non-hydrogen) atoms. The summed E-state index contributed by atoms with van der Waals surface area (Å²) in [7, 11) is 0. The van der Waals surface area contributed by atoms with Crippen molar-refractivity contribution in [1.29, 1.82) is 0 Å². The van der Waals surface area contributed by atoms with Crippen molar-refractivity contribution in [3.63, 3.8) is 0 Å². The van der Waals surface area contributed by atoms with Crippen molar-refractivity contribution < 1.29 is 14.3 Å². The summed E-state index contributed by atoms with van der Waals surface area (Å²) in [6, 6.07) is 6.69. The molecule has 0 amide bonds. The summed E-state index contributed by atoms with van der Waals surface area (Å²) in [6.07, 6.45) is 0. The van der Waals surface area contributed by atoms with E-state index in [2.05, 4.69) is 0 Å². The molecule has 0 fully saturated rings. The van der Waals surface area contributed by atoms with Gasteiger partial charge in [-0.2, -0.15) is 0 Å². The highest BCUT2D eigenvalue weighted by atomic mass is 35.5. The van der Waals surface area contributed by atoms with Gasteiger partial charge in [0.1, 0.15) is 5.75 Å². The lowest BCUT2D eigenvalue weighted by atomic mass is 10.0. The summed E-state index contributed by atoms with van der Waals surface area (Å²) in [5.74, 6) is -0.261. The lowest BCUT2D eigenvalue weighted by Crippen LogP contribution is -2.03. The maximum absolute atomic E-state index is 10.9. The number of carbonyl (C=O) groups excluding carboxylic acids is 2. The summed E-state index contributed by atoms with van der Waals surface area (Å²) in [4.78, 5) is 21.5. The quantitative estimate of drug-likeness (QED) is 0.452. The van der Waals surface area contributed by atoms with Crippen LogP contribution in [0.1, 0.15) is 25.3 Å². The Morgan fingerprint density at radius 3 is 2.20 bits per heavy atom. The van der Waals surface area contributed by atoms with Gasteiger partial charge < -0.3 is 4.74 Å². The Morgan fingerprint density at radius 1 is 1.27 bits per heavy atom. The van der Waals surface area contributed by atoms with E-state index < -0.39 is 5.24 Å². The molecule has 1 aromatic carbocycles. The zero-order chi connectivity index (χ0) is 11.4. The SMILES string of the molecule is CC(=O)Oc1ccc(C(C)C(=O)Cl)cc1. The minimum absolute atomic E-state index is 0.349. The topological polar surface area (TPSA) is 43.4 Å². The van der Waals surface area contributed by atoms with E-state index in [4.69, 9.17) is 16.3 Å². The Morgan fingerprint density at radius 2 is 1.80 bits per heavy atom. The molecular weight excluding hydrogens is 216 g/mol. The molecule has 0 aliphatic heterocycles. The van der Waals surface area contributed by atoms with Gasteiger partial charge >= 0.3 is 5.97 Å². The van der Waals surface area contributed by atoms with Crippen molar-refractivity contribution in [3.8, 4) is 5.75 Å². The maximum atomic E-state index is 10.9. The number of hydrogen-bond donors (Lipinski definition) is 0. The number of benzene rings is 1. The van der Waals surface area contributed by atoms with E-state index in [1.807, 2.05) is 0 Å². The molecule has 4 heteroatoms. The molecule has 0 spiro atoms. The van der Waals surface area contributed by atoms with Crippen LogP contribution in [0.25, 0.3) is 0 Å². The molecule has 0 N–H and O–H groups in total. The van der Waals surface area contributed by atoms with E-state index in [0.29, 0.717) is 5.75 Å². The molecule has 0 aliphatic rings. The highest BCUT2D eigenvalue weighted by molar-refractivity contribution is 6.64. The van der Waals surface area contributed by atoms with Gasteiger partial charge in [-0.1, -0.05) is 19.1 Å². The minimum Gasteiger partial charge on any atom is -0.427 e. The van der Waals surface area contributed by atoms with E-state index in [1.54, 1.807) is 31.2 Å². The first-order valence-corrected chi connectivity index (χ1v) is 4.86. The van der Waals surface area contributed by atoms with Gasteiger partial charge in [-0.05, 0) is 29.3 Å². The van der Waals surface area contributed by atoms with E-state index >= 15 is 0 Å². The molecule has 0 aliphatic carbocycles. The highest BCUT2D eigenvalue weighted by Crippen LogP contribution is 2.21. The van der Waals surface area contributed by atoms with Crippen LogP contribution in [0.5, 0.6) is 5.75 Å². The van der Waals surface area contributed by atoms with Gasteiger partial charge in [0.25, 0.3) is 0 Å². The Balaban J connectivity index is 2.80. The summed E-state index contributed by atoms with van der Waals surface area (Å²) >= 11 is 5.36. The fraction of sp³-hybridized carbons (Fsp3) is 0.273. The number of esters is 1. The van der Waals surface area contributed by atoms with Gasteiger partial charge in [-0.25, -0.2) is 0 Å². The number of ether oxygens (including phenoxy) is 1. The standard InChI is InChI=1S/C11H11ClO3/c1-7(11(12)14)9-3-5-10(6-4-9)15-8(2)13/h3-7H,1-2H3. The van der Waals surface area contributed by atoms with E-state index in [-0.39, 0.29) is 11.9 Å². The number of carbonyl (C=O) groups is 2. The molecule has 0 saturated heterocycles. The first kappa shape index (κ1) is 11.7. The zero-order valence-electron chi connectivity index (χ0n) is 8.49. The average Bonchev–Trinajstić information content (AvgIpc) is 2.17. The van der Waals surface area contributed by atoms with Crippen molar-refractivity contribution in [3.05, 3.63) is 29.8 Å². The zero-order valence-corrected chi connectivity index (χ0v) is 9.25. The number of hydrogen-bond acceptors (Lipinski definition) is 3. The van der Waals surface area contributed by atoms with E-state index in [9.17, 15) is 9.59 Å². The van der Waals surface area contributed by atoms with Crippen molar-refractivity contribution in [2.24, 2.45) is 0 Å². The molecule has 3 nitrogen and oxygen atoms in total. The van der Waals surface area contributed by atoms with Crippen LogP contribution in [0.2, 0.25) is 0 Å². The molecule has 0 radical (unpaired) electrons. The smallest absolute Gasteiger partial charge is 0.308 e. The molecule has 0 aromatic heterocycles. The second kappa shape index (κ2) is 4.94.